The van der Waals surface area contributed by atoms with E-state index in [0.29, 0.717) is 10.0 Å². The predicted octanol–water partition coefficient (Wildman–Crippen LogP) is 4.54. The van der Waals surface area contributed by atoms with Gasteiger partial charge in [0.15, 0.2) is 5.78 Å². The number of benzene rings is 2. The number of hydrogen-bond acceptors (Lipinski definition) is 5. The van der Waals surface area contributed by atoms with E-state index in [-0.39, 0.29) is 31.1 Å². The van der Waals surface area contributed by atoms with Gasteiger partial charge in [-0.25, -0.2) is 4.98 Å². The van der Waals surface area contributed by atoms with Gasteiger partial charge in [-0.3, -0.25) is 9.59 Å². The summed E-state index contributed by atoms with van der Waals surface area (Å²) in [4.78, 5) is 28.7. The number of rotatable bonds is 7. The van der Waals surface area contributed by atoms with Gasteiger partial charge in [0.05, 0.1) is 39.7 Å². The first-order valence-corrected chi connectivity index (χ1v) is 10.5. The molecule has 1 aromatic heterocycles. The Kier molecular flexibility index (Phi) is 5.35. The number of nitrogens with zero attached hydrogens (tertiary/aromatic N) is 2. The lowest BCUT2D eigenvalue weighted by molar-refractivity contribution is -0.125. The van der Waals surface area contributed by atoms with E-state index in [1.807, 2.05) is 42.5 Å². The first-order chi connectivity index (χ1) is 14.0. The van der Waals surface area contributed by atoms with Crippen LogP contribution in [0.5, 0.6) is 0 Å². The van der Waals surface area contributed by atoms with E-state index in [0.717, 1.165) is 34.2 Å². The molecule has 1 heterocycles. The molecule has 3 aromatic rings. The molecule has 0 saturated heterocycles. The average molecular weight is 424 g/mol. The SMILES string of the molecule is N#CC1(CC(=O)CNC(=O)Cc2nc3cc(Cl)c(-c4ccccc4)cc3s2)CC1. The third kappa shape index (κ3) is 4.47. The molecule has 0 radical (unpaired) electrons. The number of Topliss-reactive ketones (excluding diaryl/α,β-unsaturated/α-hetero) is 1. The van der Waals surface area contributed by atoms with Crippen molar-refractivity contribution < 1.29 is 9.59 Å². The lowest BCUT2D eigenvalue weighted by atomic mass is 10.0. The Labute approximate surface area is 177 Å². The highest BCUT2D eigenvalue weighted by atomic mass is 35.5. The van der Waals surface area contributed by atoms with Crippen LogP contribution >= 0.6 is 22.9 Å². The normalized spacial score (nSPS) is 14.3. The van der Waals surface area contributed by atoms with Crippen LogP contribution in [0.15, 0.2) is 42.5 Å². The van der Waals surface area contributed by atoms with Crippen molar-refractivity contribution in [2.75, 3.05) is 6.54 Å². The molecule has 1 saturated carbocycles. The molecule has 1 N–H and O–H groups in total. The van der Waals surface area contributed by atoms with E-state index >= 15 is 0 Å². The van der Waals surface area contributed by atoms with Crippen LogP contribution in [0, 0.1) is 16.7 Å². The molecule has 0 aliphatic heterocycles. The molecule has 146 valence electrons. The Morgan fingerprint density at radius 3 is 2.69 bits per heavy atom. The lowest BCUT2D eigenvalue weighted by Crippen LogP contribution is -2.31. The van der Waals surface area contributed by atoms with Crippen molar-refractivity contribution in [1.82, 2.24) is 10.3 Å². The van der Waals surface area contributed by atoms with Gasteiger partial charge in [0, 0.05) is 12.0 Å². The van der Waals surface area contributed by atoms with Gasteiger partial charge in [0.2, 0.25) is 5.91 Å². The summed E-state index contributed by atoms with van der Waals surface area (Å²) in [6, 6.07) is 15.9. The summed E-state index contributed by atoms with van der Waals surface area (Å²) in [5.41, 5.74) is 2.22. The van der Waals surface area contributed by atoms with Gasteiger partial charge in [-0.2, -0.15) is 5.26 Å². The zero-order valence-electron chi connectivity index (χ0n) is 15.6. The maximum Gasteiger partial charge on any atom is 0.227 e. The molecule has 4 rings (SSSR count). The highest BCUT2D eigenvalue weighted by Crippen LogP contribution is 2.48. The average Bonchev–Trinajstić information content (AvgIpc) is 3.38. The van der Waals surface area contributed by atoms with Crippen LogP contribution in [0.3, 0.4) is 0 Å². The largest absolute Gasteiger partial charge is 0.349 e. The highest BCUT2D eigenvalue weighted by Gasteiger charge is 2.44. The number of amides is 1. The van der Waals surface area contributed by atoms with Gasteiger partial charge < -0.3 is 5.32 Å². The zero-order chi connectivity index (χ0) is 20.4. The number of carbonyl (C=O) groups is 2. The van der Waals surface area contributed by atoms with Crippen LogP contribution in [-0.2, 0) is 16.0 Å². The first-order valence-electron chi connectivity index (χ1n) is 9.32. The second-order valence-electron chi connectivity index (χ2n) is 7.33. The number of ketones is 1. The van der Waals surface area contributed by atoms with Gasteiger partial charge in [-0.05, 0) is 30.5 Å². The first kappa shape index (κ1) is 19.6. The molecule has 29 heavy (non-hydrogen) atoms. The fourth-order valence-corrected chi connectivity index (χ4v) is 4.48. The van der Waals surface area contributed by atoms with Gasteiger partial charge in [0.25, 0.3) is 0 Å². The quantitative estimate of drug-likeness (QED) is 0.604. The number of thiazole rings is 1. The van der Waals surface area contributed by atoms with Gasteiger partial charge >= 0.3 is 0 Å². The van der Waals surface area contributed by atoms with E-state index in [9.17, 15) is 9.59 Å². The maximum absolute atomic E-state index is 12.2. The van der Waals surface area contributed by atoms with Crippen molar-refractivity contribution in [1.29, 1.82) is 5.26 Å². The second kappa shape index (κ2) is 7.94. The topological polar surface area (TPSA) is 82.9 Å². The van der Waals surface area contributed by atoms with Crippen LogP contribution in [0.4, 0.5) is 0 Å². The molecule has 1 fully saturated rings. The lowest BCUT2D eigenvalue weighted by Gasteiger charge is -2.06. The van der Waals surface area contributed by atoms with E-state index in [4.69, 9.17) is 16.9 Å². The molecular weight excluding hydrogens is 406 g/mol. The van der Waals surface area contributed by atoms with E-state index in [1.54, 1.807) is 0 Å². The number of fused-ring (bicyclic) bond motifs is 1. The minimum Gasteiger partial charge on any atom is -0.349 e. The summed E-state index contributed by atoms with van der Waals surface area (Å²) in [5, 5.41) is 13.0. The van der Waals surface area contributed by atoms with Crippen molar-refractivity contribution in [2.45, 2.75) is 25.7 Å². The summed E-state index contributed by atoms with van der Waals surface area (Å²) >= 11 is 7.87. The smallest absolute Gasteiger partial charge is 0.227 e. The maximum atomic E-state index is 12.2. The number of nitriles is 1. The number of aromatic nitrogens is 1. The van der Waals surface area contributed by atoms with Gasteiger partial charge in [0.1, 0.15) is 5.01 Å². The second-order valence-corrected chi connectivity index (χ2v) is 8.86. The highest BCUT2D eigenvalue weighted by molar-refractivity contribution is 7.18. The summed E-state index contributed by atoms with van der Waals surface area (Å²) in [5.74, 6) is -0.366. The Hall–Kier alpha value is -2.75. The van der Waals surface area contributed by atoms with Crippen molar-refractivity contribution in [3.63, 3.8) is 0 Å². The fraction of sp³-hybridized carbons (Fsp3) is 0.273. The van der Waals surface area contributed by atoms with Crippen molar-refractivity contribution in [3.8, 4) is 17.2 Å². The standard InChI is InChI=1S/C22H18ClN3O2S/c23-17-9-18-19(8-16(17)14-4-2-1-3-5-14)29-21(26-18)10-20(28)25-12-15(27)11-22(13-24)6-7-22/h1-5,8-9H,6-7,10-12H2,(H,25,28). The third-order valence-electron chi connectivity index (χ3n) is 5.03. The van der Waals surface area contributed by atoms with Crippen LogP contribution in [0.2, 0.25) is 5.02 Å². The summed E-state index contributed by atoms with van der Waals surface area (Å²) < 4.78 is 0.955. The molecule has 0 atom stereocenters. The van der Waals surface area contributed by atoms with Crippen LogP contribution in [0.1, 0.15) is 24.3 Å². The molecule has 1 aliphatic carbocycles. The van der Waals surface area contributed by atoms with Crippen LogP contribution in [-0.4, -0.2) is 23.2 Å². The Morgan fingerprint density at radius 2 is 2.00 bits per heavy atom. The van der Waals surface area contributed by atoms with E-state index in [2.05, 4.69) is 16.4 Å². The Morgan fingerprint density at radius 1 is 1.24 bits per heavy atom. The summed E-state index contributed by atoms with van der Waals surface area (Å²) in [6.07, 6.45) is 1.85. The molecule has 1 aliphatic rings. The molecule has 2 aromatic carbocycles. The molecule has 0 unspecified atom stereocenters. The van der Waals surface area contributed by atoms with Crippen LogP contribution in [0.25, 0.3) is 21.3 Å². The summed E-state index contributed by atoms with van der Waals surface area (Å²) in [6.45, 7) is -0.0445. The van der Waals surface area contributed by atoms with Crippen molar-refractivity contribution in [3.05, 3.63) is 52.5 Å². The molecule has 1 amide bonds. The fourth-order valence-electron chi connectivity index (χ4n) is 3.23. The number of nitrogens with one attached hydrogen (secondary N) is 1. The van der Waals surface area contributed by atoms with Gasteiger partial charge in [-0.1, -0.05) is 41.9 Å². The molecular formula is C22H18ClN3O2S. The zero-order valence-corrected chi connectivity index (χ0v) is 17.1. The van der Waals surface area contributed by atoms with E-state index < -0.39 is 5.41 Å². The molecule has 5 nitrogen and oxygen atoms in total. The third-order valence-corrected chi connectivity index (χ3v) is 6.36. The molecule has 0 bridgehead atoms. The minimum absolute atomic E-state index is 0.0445. The Bertz CT molecular complexity index is 1130. The van der Waals surface area contributed by atoms with Crippen molar-refractivity contribution in [2.24, 2.45) is 5.41 Å². The monoisotopic (exact) mass is 423 g/mol. The van der Waals surface area contributed by atoms with Crippen LogP contribution < -0.4 is 5.32 Å². The number of halogens is 1. The Balaban J connectivity index is 1.41. The minimum atomic E-state index is -0.482. The van der Waals surface area contributed by atoms with E-state index in [1.165, 1.54) is 11.3 Å². The summed E-state index contributed by atoms with van der Waals surface area (Å²) in [7, 11) is 0. The molecule has 7 heteroatoms. The predicted molar refractivity (Wildman–Crippen MR) is 114 cm³/mol. The number of carbonyl (C=O) groups excluding carboxylic acids is 2. The van der Waals surface area contributed by atoms with Crippen molar-refractivity contribution >= 4 is 44.8 Å². The molecule has 0 spiro atoms. The number of hydrogen-bond donors (Lipinski definition) is 1. The van der Waals surface area contributed by atoms with Gasteiger partial charge in [-0.15, -0.1) is 11.3 Å².